The van der Waals surface area contributed by atoms with Crippen molar-refractivity contribution in [2.45, 2.75) is 10.5 Å². The lowest BCUT2D eigenvalue weighted by molar-refractivity contribution is -0.0442. The van der Waals surface area contributed by atoms with Crippen LogP contribution >= 0.6 is 22.0 Å². The number of ether oxygens (including phenoxy) is 2. The number of rotatable bonds is 2. The quantitative estimate of drug-likeness (QED) is 0.741. The van der Waals surface area contributed by atoms with Crippen molar-refractivity contribution in [1.29, 1.82) is 0 Å². The van der Waals surface area contributed by atoms with Crippen LogP contribution < -0.4 is 0 Å². The third kappa shape index (κ3) is 2.06. The highest BCUT2D eigenvalue weighted by Crippen LogP contribution is 2.30. The second-order valence-electron chi connectivity index (χ2n) is 2.53. The Morgan fingerprint density at radius 3 is 2.64 bits per heavy atom. The van der Waals surface area contributed by atoms with Crippen molar-refractivity contribution < 1.29 is 17.9 Å². The van der Waals surface area contributed by atoms with E-state index in [0.29, 0.717) is 18.2 Å². The number of hydrogen-bond acceptors (Lipinski definition) is 6. The van der Waals surface area contributed by atoms with Crippen LogP contribution in [0.15, 0.2) is 10.4 Å². The number of aromatic nitrogens is 1. The SMILES string of the molecule is O=S(=O)(Cl)c1cnc(C2OCCO2)s1. The van der Waals surface area contributed by atoms with Gasteiger partial charge in [-0.3, -0.25) is 0 Å². The Kier molecular flexibility index (Phi) is 2.76. The fourth-order valence-corrected chi connectivity index (χ4v) is 2.88. The fourth-order valence-electron chi connectivity index (χ4n) is 0.995. The van der Waals surface area contributed by atoms with Crippen LogP contribution in [0.5, 0.6) is 0 Å². The molecule has 0 radical (unpaired) electrons. The van der Waals surface area contributed by atoms with E-state index in [-0.39, 0.29) is 4.21 Å². The van der Waals surface area contributed by atoms with Crippen LogP contribution in [0.1, 0.15) is 11.3 Å². The number of thiazole rings is 1. The van der Waals surface area contributed by atoms with Gasteiger partial charge in [-0.1, -0.05) is 0 Å². The molecular weight excluding hydrogens is 250 g/mol. The second-order valence-corrected chi connectivity index (χ2v) is 6.38. The summed E-state index contributed by atoms with van der Waals surface area (Å²) in [5.41, 5.74) is 0. The van der Waals surface area contributed by atoms with Gasteiger partial charge < -0.3 is 9.47 Å². The number of hydrogen-bond donors (Lipinski definition) is 0. The summed E-state index contributed by atoms with van der Waals surface area (Å²) in [6, 6.07) is 0. The predicted molar refractivity (Wildman–Crippen MR) is 49.8 cm³/mol. The van der Waals surface area contributed by atoms with E-state index in [4.69, 9.17) is 20.2 Å². The van der Waals surface area contributed by atoms with E-state index in [9.17, 15) is 8.42 Å². The molecular formula is C6H6ClNO4S2. The molecule has 0 aromatic carbocycles. The Hall–Kier alpha value is -0.210. The topological polar surface area (TPSA) is 65.5 Å². The molecule has 2 heterocycles. The Labute approximate surface area is 89.0 Å². The van der Waals surface area contributed by atoms with E-state index < -0.39 is 15.3 Å². The molecule has 5 nitrogen and oxygen atoms in total. The van der Waals surface area contributed by atoms with Crippen molar-refractivity contribution in [3.8, 4) is 0 Å². The lowest BCUT2D eigenvalue weighted by Gasteiger charge is -2.02. The van der Waals surface area contributed by atoms with E-state index in [1.165, 1.54) is 6.20 Å². The van der Waals surface area contributed by atoms with Gasteiger partial charge in [0.15, 0.2) is 9.22 Å². The van der Waals surface area contributed by atoms with Gasteiger partial charge in [0, 0.05) is 10.7 Å². The molecule has 0 atom stereocenters. The van der Waals surface area contributed by atoms with Crippen molar-refractivity contribution in [3.63, 3.8) is 0 Å². The molecule has 1 fully saturated rings. The highest BCUT2D eigenvalue weighted by atomic mass is 35.7. The van der Waals surface area contributed by atoms with Gasteiger partial charge >= 0.3 is 0 Å². The monoisotopic (exact) mass is 255 g/mol. The molecule has 78 valence electrons. The Bertz CT molecular complexity index is 423. The lowest BCUT2D eigenvalue weighted by atomic mass is 10.7. The standard InChI is InChI=1S/C6H6ClNO4S2/c7-14(9,10)4-3-8-5(13-4)6-11-1-2-12-6/h3,6H,1-2H2. The van der Waals surface area contributed by atoms with E-state index in [1.54, 1.807) is 0 Å². The van der Waals surface area contributed by atoms with E-state index in [2.05, 4.69) is 4.98 Å². The van der Waals surface area contributed by atoms with Crippen molar-refractivity contribution >= 4 is 31.1 Å². The zero-order valence-corrected chi connectivity index (χ0v) is 9.23. The first-order chi connectivity index (χ1) is 6.57. The van der Waals surface area contributed by atoms with Gasteiger partial charge in [0.25, 0.3) is 9.05 Å². The van der Waals surface area contributed by atoms with Gasteiger partial charge in [0.1, 0.15) is 0 Å². The number of nitrogens with zero attached hydrogens (tertiary/aromatic N) is 1. The van der Waals surface area contributed by atoms with Crippen molar-refractivity contribution in [2.24, 2.45) is 0 Å². The molecule has 8 heteroatoms. The van der Waals surface area contributed by atoms with Crippen LogP contribution in [0.4, 0.5) is 0 Å². The van der Waals surface area contributed by atoms with Crippen molar-refractivity contribution in [1.82, 2.24) is 4.98 Å². The normalized spacial score (nSPS) is 18.9. The minimum absolute atomic E-state index is 0.00765. The predicted octanol–water partition coefficient (Wildman–Crippen LogP) is 1.12. The number of halogens is 1. The van der Waals surface area contributed by atoms with E-state index in [1.807, 2.05) is 0 Å². The maximum atomic E-state index is 10.9. The average Bonchev–Trinajstić information content (AvgIpc) is 2.73. The maximum Gasteiger partial charge on any atom is 0.272 e. The van der Waals surface area contributed by atoms with Crippen LogP contribution in [0.25, 0.3) is 0 Å². The first-order valence-electron chi connectivity index (χ1n) is 3.71. The van der Waals surface area contributed by atoms with Gasteiger partial charge in [-0.15, -0.1) is 11.3 Å². The van der Waals surface area contributed by atoms with Gasteiger partial charge in [-0.05, 0) is 0 Å². The van der Waals surface area contributed by atoms with E-state index >= 15 is 0 Å². The molecule has 0 unspecified atom stereocenters. The summed E-state index contributed by atoms with van der Waals surface area (Å²) in [4.78, 5) is 3.87. The fraction of sp³-hybridized carbons (Fsp3) is 0.500. The summed E-state index contributed by atoms with van der Waals surface area (Å²) in [5, 5.41) is 0.474. The second kappa shape index (κ2) is 3.74. The minimum Gasteiger partial charge on any atom is -0.344 e. The molecule has 1 aromatic rings. The Balaban J connectivity index is 2.25. The summed E-state index contributed by atoms with van der Waals surface area (Å²) in [5.74, 6) is 0. The highest BCUT2D eigenvalue weighted by Gasteiger charge is 2.24. The molecule has 1 aliphatic rings. The average molecular weight is 256 g/mol. The molecule has 0 spiro atoms. The zero-order chi connectivity index (χ0) is 10.2. The minimum atomic E-state index is -3.69. The van der Waals surface area contributed by atoms with Crippen molar-refractivity contribution in [3.05, 3.63) is 11.2 Å². The molecule has 1 aromatic heterocycles. The molecule has 0 saturated carbocycles. The smallest absolute Gasteiger partial charge is 0.272 e. The lowest BCUT2D eigenvalue weighted by Crippen LogP contribution is -1.95. The van der Waals surface area contributed by atoms with Crippen LogP contribution in [0.2, 0.25) is 0 Å². The summed E-state index contributed by atoms with van der Waals surface area (Å²) in [6.45, 7) is 0.987. The van der Waals surface area contributed by atoms with Crippen LogP contribution in [0, 0.1) is 0 Å². The van der Waals surface area contributed by atoms with Crippen molar-refractivity contribution in [2.75, 3.05) is 13.2 Å². The molecule has 14 heavy (non-hydrogen) atoms. The Morgan fingerprint density at radius 1 is 1.50 bits per heavy atom. The molecule has 0 aliphatic carbocycles. The van der Waals surface area contributed by atoms with Gasteiger partial charge in [0.2, 0.25) is 6.29 Å². The molecule has 0 amide bonds. The molecule has 2 rings (SSSR count). The third-order valence-electron chi connectivity index (χ3n) is 1.57. The summed E-state index contributed by atoms with van der Waals surface area (Å²) in [7, 11) is 1.45. The Morgan fingerprint density at radius 2 is 2.14 bits per heavy atom. The summed E-state index contributed by atoms with van der Waals surface area (Å²) >= 11 is 0.956. The van der Waals surface area contributed by atoms with Crippen LogP contribution in [0.3, 0.4) is 0 Å². The van der Waals surface area contributed by atoms with E-state index in [0.717, 1.165) is 11.3 Å². The first kappa shape index (κ1) is 10.3. The summed E-state index contributed by atoms with van der Waals surface area (Å²) < 4.78 is 32.1. The molecule has 0 bridgehead atoms. The first-order valence-corrected chi connectivity index (χ1v) is 6.83. The molecule has 1 saturated heterocycles. The van der Waals surface area contributed by atoms with Gasteiger partial charge in [-0.25, -0.2) is 13.4 Å². The molecule has 0 N–H and O–H groups in total. The highest BCUT2D eigenvalue weighted by molar-refractivity contribution is 8.15. The van der Waals surface area contributed by atoms with Crippen LogP contribution in [-0.2, 0) is 18.5 Å². The van der Waals surface area contributed by atoms with Gasteiger partial charge in [-0.2, -0.15) is 0 Å². The third-order valence-corrected chi connectivity index (χ3v) is 4.65. The van der Waals surface area contributed by atoms with Gasteiger partial charge in [0.05, 0.1) is 19.4 Å². The maximum absolute atomic E-state index is 10.9. The molecule has 1 aliphatic heterocycles. The van der Waals surface area contributed by atoms with Crippen LogP contribution in [-0.4, -0.2) is 26.6 Å². The largest absolute Gasteiger partial charge is 0.344 e. The zero-order valence-electron chi connectivity index (χ0n) is 6.84. The summed E-state index contributed by atoms with van der Waals surface area (Å²) in [6.07, 6.45) is 0.653.